The molecule has 0 aromatic heterocycles. The molecule has 0 aromatic carbocycles. The quantitative estimate of drug-likeness (QED) is 0.462. The Hall–Kier alpha value is -1.13. The number of carbonyl (C=O) groups excluding carboxylic acids is 1. The van der Waals surface area contributed by atoms with Crippen molar-refractivity contribution in [3.8, 4) is 0 Å². The third-order valence-corrected chi connectivity index (χ3v) is 1.71. The van der Waals surface area contributed by atoms with Crippen LogP contribution in [0.5, 0.6) is 0 Å². The molecule has 0 heterocycles. The molecule has 0 saturated heterocycles. The summed E-state index contributed by atoms with van der Waals surface area (Å²) in [5.74, 6) is 0. The first-order valence-corrected chi connectivity index (χ1v) is 3.54. The summed E-state index contributed by atoms with van der Waals surface area (Å²) in [6.45, 7) is 0. The van der Waals surface area contributed by atoms with Crippen LogP contribution in [-0.4, -0.2) is 18.6 Å². The molecule has 0 aliphatic heterocycles. The van der Waals surface area contributed by atoms with Crippen LogP contribution in [0.1, 0.15) is 6.42 Å². The predicted octanol–water partition coefficient (Wildman–Crippen LogP) is 2.34. The fraction of sp³-hybridized carbons (Fsp3) is 0.375. The first kappa shape index (κ1) is 9.95. The summed E-state index contributed by atoms with van der Waals surface area (Å²) in [5, 5.41) is 0. The molecule has 5 heteroatoms. The molecule has 0 fully saturated rings. The fourth-order valence-electron chi connectivity index (χ4n) is 1.09. The number of alkyl halides is 4. The van der Waals surface area contributed by atoms with E-state index >= 15 is 0 Å². The molecule has 72 valence electrons. The van der Waals surface area contributed by atoms with Gasteiger partial charge >= 0.3 is 6.18 Å². The summed E-state index contributed by atoms with van der Waals surface area (Å²) in [5.41, 5.74) is -1.99. The average Bonchev–Trinajstić information content (AvgIpc) is 2.02. The second kappa shape index (κ2) is 3.32. The van der Waals surface area contributed by atoms with Crippen LogP contribution >= 0.6 is 0 Å². The van der Waals surface area contributed by atoms with Gasteiger partial charge in [0.15, 0.2) is 0 Å². The van der Waals surface area contributed by atoms with Crippen molar-refractivity contribution in [1.82, 2.24) is 0 Å². The van der Waals surface area contributed by atoms with Crippen LogP contribution in [0.25, 0.3) is 0 Å². The lowest BCUT2D eigenvalue weighted by atomic mass is 9.96. The Morgan fingerprint density at radius 1 is 1.46 bits per heavy atom. The van der Waals surface area contributed by atoms with Crippen LogP contribution in [0.4, 0.5) is 17.6 Å². The lowest BCUT2D eigenvalue weighted by molar-refractivity contribution is -0.108. The highest BCUT2D eigenvalue weighted by atomic mass is 19.4. The van der Waals surface area contributed by atoms with Gasteiger partial charge in [0, 0.05) is 12.0 Å². The number of aldehydes is 1. The molecule has 0 amide bonds. The summed E-state index contributed by atoms with van der Waals surface area (Å²) in [6, 6.07) is 0. The molecule has 1 aliphatic carbocycles. The molecule has 1 aliphatic rings. The Kier molecular flexibility index (Phi) is 2.54. The monoisotopic (exact) mass is 194 g/mol. The molecule has 1 nitrogen and oxygen atoms in total. The Morgan fingerprint density at radius 2 is 2.08 bits per heavy atom. The van der Waals surface area contributed by atoms with Crippen molar-refractivity contribution in [2.24, 2.45) is 0 Å². The number of halogens is 4. The number of allylic oxidation sites excluding steroid dienone is 4. The predicted molar refractivity (Wildman–Crippen MR) is 37.8 cm³/mol. The summed E-state index contributed by atoms with van der Waals surface area (Å²) in [6.07, 6.45) is -4.93. The van der Waals surface area contributed by atoms with Gasteiger partial charge in [0.2, 0.25) is 0 Å². The first-order chi connectivity index (χ1) is 5.96. The van der Waals surface area contributed by atoms with Crippen LogP contribution in [0.3, 0.4) is 0 Å². The van der Waals surface area contributed by atoms with Crippen molar-refractivity contribution in [2.45, 2.75) is 18.8 Å². The van der Waals surface area contributed by atoms with Crippen molar-refractivity contribution >= 4 is 6.29 Å². The maximum absolute atomic E-state index is 12.8. The fourth-order valence-corrected chi connectivity index (χ4v) is 1.09. The number of hydrogen-bond acceptors (Lipinski definition) is 1. The van der Waals surface area contributed by atoms with Crippen molar-refractivity contribution in [3.63, 3.8) is 0 Å². The lowest BCUT2D eigenvalue weighted by Crippen LogP contribution is -2.20. The van der Waals surface area contributed by atoms with Crippen LogP contribution in [-0.2, 0) is 4.79 Å². The third-order valence-electron chi connectivity index (χ3n) is 1.71. The Balaban J connectivity index is 3.15. The average molecular weight is 194 g/mol. The number of carbonyl (C=O) groups is 1. The topological polar surface area (TPSA) is 17.1 Å². The van der Waals surface area contributed by atoms with Crippen molar-refractivity contribution < 1.29 is 22.4 Å². The van der Waals surface area contributed by atoms with Crippen molar-refractivity contribution in [1.29, 1.82) is 0 Å². The highest BCUT2D eigenvalue weighted by Crippen LogP contribution is 2.33. The largest absolute Gasteiger partial charge is 0.416 e. The molecule has 13 heavy (non-hydrogen) atoms. The SMILES string of the molecule is O=CC1=C(C(F)(F)F)C=CC[C@@H]1F. The van der Waals surface area contributed by atoms with E-state index in [0.717, 1.165) is 12.2 Å². The second-order valence-corrected chi connectivity index (χ2v) is 2.59. The molecule has 0 unspecified atom stereocenters. The van der Waals surface area contributed by atoms with Crippen molar-refractivity contribution in [3.05, 3.63) is 23.3 Å². The summed E-state index contributed by atoms with van der Waals surface area (Å²) < 4.78 is 49.1. The van der Waals surface area contributed by atoms with Gasteiger partial charge in [0.05, 0.1) is 5.57 Å². The van der Waals surface area contributed by atoms with Gasteiger partial charge in [0.25, 0.3) is 0 Å². The van der Waals surface area contributed by atoms with E-state index < -0.39 is 23.5 Å². The molecule has 1 rings (SSSR count). The second-order valence-electron chi connectivity index (χ2n) is 2.59. The maximum Gasteiger partial charge on any atom is 0.416 e. The summed E-state index contributed by atoms with van der Waals surface area (Å²) in [7, 11) is 0. The van der Waals surface area contributed by atoms with E-state index in [1.165, 1.54) is 0 Å². The van der Waals surface area contributed by atoms with Crippen LogP contribution < -0.4 is 0 Å². The number of rotatable bonds is 1. The smallest absolute Gasteiger partial charge is 0.298 e. The van der Waals surface area contributed by atoms with E-state index in [4.69, 9.17) is 0 Å². The normalized spacial score (nSPS) is 23.5. The lowest BCUT2D eigenvalue weighted by Gasteiger charge is -2.17. The van der Waals surface area contributed by atoms with Crippen molar-refractivity contribution in [2.75, 3.05) is 0 Å². The van der Waals surface area contributed by atoms with Gasteiger partial charge in [-0.05, 0) is 0 Å². The molecular weight excluding hydrogens is 188 g/mol. The standard InChI is InChI=1S/C8H6F4O/c9-7-3-1-2-6(5(7)4-13)8(10,11)12/h1-2,4,7H,3H2/t7-/m0/s1. The minimum absolute atomic E-state index is 0.0724. The molecule has 0 radical (unpaired) electrons. The Labute approximate surface area is 71.7 Å². The maximum atomic E-state index is 12.8. The molecule has 1 atom stereocenters. The molecule has 0 N–H and O–H groups in total. The van der Waals surface area contributed by atoms with E-state index in [0.29, 0.717) is 0 Å². The summed E-state index contributed by atoms with van der Waals surface area (Å²) >= 11 is 0. The molecule has 0 bridgehead atoms. The zero-order valence-electron chi connectivity index (χ0n) is 6.44. The minimum Gasteiger partial charge on any atom is -0.298 e. The van der Waals surface area contributed by atoms with Gasteiger partial charge in [-0.2, -0.15) is 13.2 Å². The van der Waals surface area contributed by atoms with Crippen LogP contribution in [0.15, 0.2) is 23.3 Å². The van der Waals surface area contributed by atoms with E-state index in [9.17, 15) is 22.4 Å². The van der Waals surface area contributed by atoms with Crippen LogP contribution in [0.2, 0.25) is 0 Å². The molecule has 0 spiro atoms. The zero-order chi connectivity index (χ0) is 10.1. The minimum atomic E-state index is -4.66. The van der Waals surface area contributed by atoms with E-state index in [-0.39, 0.29) is 12.7 Å². The zero-order valence-corrected chi connectivity index (χ0v) is 6.44. The van der Waals surface area contributed by atoms with Gasteiger partial charge < -0.3 is 0 Å². The molecular formula is C8H6F4O. The van der Waals surface area contributed by atoms with Crippen LogP contribution in [0, 0.1) is 0 Å². The Morgan fingerprint density at radius 3 is 2.46 bits per heavy atom. The Bertz CT molecular complexity index is 274. The molecule has 0 saturated carbocycles. The van der Waals surface area contributed by atoms with Gasteiger partial charge in [-0.1, -0.05) is 12.2 Å². The van der Waals surface area contributed by atoms with E-state index in [2.05, 4.69) is 0 Å². The van der Waals surface area contributed by atoms with Gasteiger partial charge in [-0.25, -0.2) is 4.39 Å². The third kappa shape index (κ3) is 1.96. The number of hydrogen-bond donors (Lipinski definition) is 0. The highest BCUT2D eigenvalue weighted by Gasteiger charge is 2.37. The van der Waals surface area contributed by atoms with Gasteiger partial charge in [0.1, 0.15) is 12.5 Å². The first-order valence-electron chi connectivity index (χ1n) is 3.54. The van der Waals surface area contributed by atoms with E-state index in [1.807, 2.05) is 0 Å². The van der Waals surface area contributed by atoms with E-state index in [1.54, 1.807) is 0 Å². The highest BCUT2D eigenvalue weighted by molar-refractivity contribution is 5.78. The molecule has 0 aromatic rings. The van der Waals surface area contributed by atoms with Gasteiger partial charge in [-0.3, -0.25) is 4.79 Å². The van der Waals surface area contributed by atoms with Gasteiger partial charge in [-0.15, -0.1) is 0 Å². The summed E-state index contributed by atoms with van der Waals surface area (Å²) in [4.78, 5) is 10.2.